The number of rotatable bonds is 8. The van der Waals surface area contributed by atoms with Crippen LogP contribution in [-0.2, 0) is 29.4 Å². The maximum atomic E-state index is 15.6. The van der Waals surface area contributed by atoms with E-state index in [4.69, 9.17) is 14.2 Å². The Morgan fingerprint density at radius 1 is 0.907 bits per heavy atom. The third-order valence-corrected chi connectivity index (χ3v) is 14.8. The molecule has 0 radical (unpaired) electrons. The molecule has 7 heteroatoms. The SMILES string of the molecule is CN1CCC(C2O[C@@H]3C[C@H]4[C@@H]5CCC6=CC(=O)C=C[C@]6(C)[C@H]5[C@@H](O)C[C@]4(C)[C@]3(C(=O)COC(c3ccccc3)(c3ccccc3)c3ccccc3)O2)CC1. The zero-order valence-corrected chi connectivity index (χ0v) is 31.7. The van der Waals surface area contributed by atoms with E-state index in [9.17, 15) is 9.90 Å². The molecular weight excluding hydrogens is 675 g/mol. The number of aliphatic hydroxyl groups is 1. The smallest absolute Gasteiger partial charge is 0.193 e. The molecule has 5 fully saturated rings. The third-order valence-electron chi connectivity index (χ3n) is 14.8. The number of nitrogens with zero attached hydrogens (tertiary/aromatic N) is 1. The van der Waals surface area contributed by atoms with Crippen molar-refractivity contribution in [3.05, 3.63) is 131 Å². The first kappa shape index (κ1) is 35.9. The molecule has 282 valence electrons. The van der Waals surface area contributed by atoms with Crippen LogP contribution >= 0.6 is 0 Å². The van der Waals surface area contributed by atoms with Crippen LogP contribution in [0.4, 0.5) is 0 Å². The molecule has 0 spiro atoms. The maximum absolute atomic E-state index is 15.6. The molecule has 9 rings (SSSR count). The van der Waals surface area contributed by atoms with E-state index in [0.717, 1.165) is 61.0 Å². The number of hydrogen-bond acceptors (Lipinski definition) is 7. The molecule has 9 atom stereocenters. The van der Waals surface area contributed by atoms with E-state index in [-0.39, 0.29) is 41.8 Å². The number of carbonyl (C=O) groups excluding carboxylic acids is 2. The lowest BCUT2D eigenvalue weighted by atomic mass is 9.46. The number of likely N-dealkylation sites (tertiary alicyclic amines) is 1. The van der Waals surface area contributed by atoms with E-state index >= 15 is 4.79 Å². The van der Waals surface area contributed by atoms with Gasteiger partial charge < -0.3 is 24.2 Å². The number of hydrogen-bond donors (Lipinski definition) is 1. The summed E-state index contributed by atoms with van der Waals surface area (Å²) >= 11 is 0. The maximum Gasteiger partial charge on any atom is 0.193 e. The normalized spacial score (nSPS) is 36.5. The number of benzene rings is 3. The first-order chi connectivity index (χ1) is 26.1. The van der Waals surface area contributed by atoms with Crippen molar-refractivity contribution in [1.29, 1.82) is 0 Å². The van der Waals surface area contributed by atoms with Crippen LogP contribution in [0.25, 0.3) is 0 Å². The van der Waals surface area contributed by atoms with Gasteiger partial charge in [0.2, 0.25) is 0 Å². The first-order valence-corrected chi connectivity index (χ1v) is 20.1. The number of carbonyl (C=O) groups is 2. The predicted molar refractivity (Wildman–Crippen MR) is 206 cm³/mol. The van der Waals surface area contributed by atoms with Gasteiger partial charge >= 0.3 is 0 Å². The van der Waals surface area contributed by atoms with Gasteiger partial charge in [0.05, 0.1) is 12.2 Å². The fourth-order valence-corrected chi connectivity index (χ4v) is 12.2. The highest BCUT2D eigenvalue weighted by Gasteiger charge is 2.76. The van der Waals surface area contributed by atoms with Crippen LogP contribution in [0.3, 0.4) is 0 Å². The number of allylic oxidation sites excluding steroid dienone is 4. The zero-order chi connectivity index (χ0) is 37.3. The molecule has 1 N–H and O–H groups in total. The zero-order valence-electron chi connectivity index (χ0n) is 31.7. The highest BCUT2D eigenvalue weighted by Crippen LogP contribution is 2.70. The number of ether oxygens (including phenoxy) is 3. The van der Waals surface area contributed by atoms with Crippen LogP contribution in [0.5, 0.6) is 0 Å². The second-order valence-corrected chi connectivity index (χ2v) is 17.4. The van der Waals surface area contributed by atoms with E-state index in [1.54, 1.807) is 12.2 Å². The summed E-state index contributed by atoms with van der Waals surface area (Å²) in [7, 11) is 2.15. The minimum atomic E-state index is -1.29. The summed E-state index contributed by atoms with van der Waals surface area (Å²) in [5.41, 5.74) is 0.451. The molecule has 0 aromatic heterocycles. The van der Waals surface area contributed by atoms with Crippen molar-refractivity contribution in [2.24, 2.45) is 34.5 Å². The van der Waals surface area contributed by atoms with Gasteiger partial charge in [0.15, 0.2) is 23.5 Å². The van der Waals surface area contributed by atoms with Gasteiger partial charge in [-0.25, -0.2) is 0 Å². The quantitative estimate of drug-likeness (QED) is 0.245. The summed E-state index contributed by atoms with van der Waals surface area (Å²) in [6, 6.07) is 30.5. The van der Waals surface area contributed by atoms with Crippen molar-refractivity contribution >= 4 is 11.6 Å². The Hall–Kier alpha value is -3.72. The average Bonchev–Trinajstić information content (AvgIpc) is 3.69. The molecule has 0 bridgehead atoms. The van der Waals surface area contributed by atoms with Crippen LogP contribution in [0.2, 0.25) is 0 Å². The lowest BCUT2D eigenvalue weighted by Crippen LogP contribution is -2.64. The minimum Gasteiger partial charge on any atom is -0.393 e. The van der Waals surface area contributed by atoms with Crippen LogP contribution in [0, 0.1) is 34.5 Å². The largest absolute Gasteiger partial charge is 0.393 e. The van der Waals surface area contributed by atoms with E-state index < -0.39 is 40.5 Å². The molecule has 7 nitrogen and oxygen atoms in total. The van der Waals surface area contributed by atoms with Gasteiger partial charge in [0, 0.05) is 22.7 Å². The fraction of sp³-hybridized carbons (Fsp3) is 0.489. The first-order valence-electron chi connectivity index (χ1n) is 20.1. The molecular formula is C47H53NO6. The molecule has 3 aromatic carbocycles. The number of piperidine rings is 1. The Labute approximate surface area is 319 Å². The Bertz CT molecular complexity index is 1840. The van der Waals surface area contributed by atoms with Gasteiger partial charge in [-0.3, -0.25) is 9.59 Å². The van der Waals surface area contributed by atoms with Crippen molar-refractivity contribution in [2.45, 2.75) is 82.1 Å². The minimum absolute atomic E-state index is 0.0235. The van der Waals surface area contributed by atoms with E-state index in [2.05, 4.69) is 62.2 Å². The number of aliphatic hydroxyl groups excluding tert-OH is 1. The average molecular weight is 728 g/mol. The number of ketones is 2. The predicted octanol–water partition coefficient (Wildman–Crippen LogP) is 7.27. The monoisotopic (exact) mass is 727 g/mol. The topological polar surface area (TPSA) is 85.3 Å². The van der Waals surface area contributed by atoms with E-state index in [1.807, 2.05) is 60.7 Å². The van der Waals surface area contributed by atoms with Crippen molar-refractivity contribution in [3.8, 4) is 0 Å². The molecule has 4 aliphatic carbocycles. The van der Waals surface area contributed by atoms with Gasteiger partial charge in [-0.1, -0.05) is 116 Å². The highest BCUT2D eigenvalue weighted by molar-refractivity contribution is 6.01. The Kier molecular flexibility index (Phi) is 8.98. The van der Waals surface area contributed by atoms with Crippen molar-refractivity contribution < 1.29 is 28.9 Å². The standard InChI is InChI=1S/C47H53NO6/c1-44-24-21-36(49)27-35(44)19-20-37-38-28-41-47(45(38,2)29-39(50)42(37)44,54-43(53-41)31-22-25-48(3)26-23-31)40(51)30-52-46(32-13-7-4-8-14-32,33-15-9-5-10-16-33)34-17-11-6-12-18-34/h4-18,21,24,27,31,37-39,41-43,50H,19-20,22-23,25-26,28-30H2,1-3H3/t37-,38-,39-,41+,42+,43?,44-,45-,47+/m0/s1. The molecule has 0 amide bonds. The second-order valence-electron chi connectivity index (χ2n) is 17.4. The van der Waals surface area contributed by atoms with Crippen LogP contribution in [0.1, 0.15) is 69.1 Å². The van der Waals surface area contributed by atoms with Gasteiger partial charge in [-0.15, -0.1) is 0 Å². The molecule has 3 saturated carbocycles. The molecule has 54 heavy (non-hydrogen) atoms. The van der Waals surface area contributed by atoms with Crippen molar-refractivity contribution in [2.75, 3.05) is 26.7 Å². The van der Waals surface area contributed by atoms with Gasteiger partial charge in [0.1, 0.15) is 12.2 Å². The molecule has 3 aromatic rings. The number of fused-ring (bicyclic) bond motifs is 7. The van der Waals surface area contributed by atoms with E-state index in [0.29, 0.717) is 12.8 Å². The molecule has 1 unspecified atom stereocenters. The summed E-state index contributed by atoms with van der Waals surface area (Å²) in [5.74, 6) is 0.260. The van der Waals surface area contributed by atoms with Gasteiger partial charge in [0.25, 0.3) is 0 Å². The summed E-state index contributed by atoms with van der Waals surface area (Å²) < 4.78 is 21.5. The molecule has 2 heterocycles. The molecule has 2 saturated heterocycles. The Morgan fingerprint density at radius 2 is 1.50 bits per heavy atom. The van der Waals surface area contributed by atoms with Crippen LogP contribution < -0.4 is 0 Å². The number of Topliss-reactive ketones (excluding diaryl/α,β-unsaturated/α-hetero) is 1. The summed E-state index contributed by atoms with van der Waals surface area (Å²) in [4.78, 5) is 30.4. The fourth-order valence-electron chi connectivity index (χ4n) is 12.2. The lowest BCUT2D eigenvalue weighted by Gasteiger charge is -2.59. The van der Waals surface area contributed by atoms with Gasteiger partial charge in [-0.2, -0.15) is 0 Å². The van der Waals surface area contributed by atoms with Crippen molar-refractivity contribution in [1.82, 2.24) is 4.90 Å². The van der Waals surface area contributed by atoms with Gasteiger partial charge in [-0.05, 0) is 99.3 Å². The van der Waals surface area contributed by atoms with Crippen molar-refractivity contribution in [3.63, 3.8) is 0 Å². The summed E-state index contributed by atoms with van der Waals surface area (Å²) in [5, 5.41) is 12.4. The Balaban J connectivity index is 1.12. The molecule has 6 aliphatic rings. The summed E-state index contributed by atoms with van der Waals surface area (Å²) in [6.07, 6.45) is 8.53. The van der Waals surface area contributed by atoms with Crippen LogP contribution in [-0.4, -0.2) is 72.4 Å². The third kappa shape index (κ3) is 5.33. The summed E-state index contributed by atoms with van der Waals surface area (Å²) in [6.45, 7) is 6.11. The lowest BCUT2D eigenvalue weighted by molar-refractivity contribution is -0.211. The van der Waals surface area contributed by atoms with E-state index in [1.165, 1.54) is 0 Å². The molecule has 2 aliphatic heterocycles. The Morgan fingerprint density at radius 3 is 2.09 bits per heavy atom. The van der Waals surface area contributed by atoms with Crippen LogP contribution in [0.15, 0.2) is 115 Å². The second kappa shape index (κ2) is 13.5. The highest BCUT2D eigenvalue weighted by atomic mass is 16.7.